The van der Waals surface area contributed by atoms with Crippen molar-refractivity contribution in [1.29, 1.82) is 0 Å². The molecule has 1 aliphatic rings. The maximum Gasteiger partial charge on any atom is 0.209 e. The molecule has 0 aliphatic carbocycles. The van der Waals surface area contributed by atoms with Gasteiger partial charge in [-0.15, -0.1) is 5.10 Å². The summed E-state index contributed by atoms with van der Waals surface area (Å²) >= 11 is 1.49. The first-order valence-electron chi connectivity index (χ1n) is 9.94. The summed E-state index contributed by atoms with van der Waals surface area (Å²) in [5.41, 5.74) is 2.28. The molecule has 3 heterocycles. The fourth-order valence-corrected chi connectivity index (χ4v) is 4.83. The van der Waals surface area contributed by atoms with Gasteiger partial charge in [-0.3, -0.25) is 0 Å². The van der Waals surface area contributed by atoms with Crippen molar-refractivity contribution >= 4 is 33.6 Å². The molecule has 1 saturated heterocycles. The third-order valence-corrected chi connectivity index (χ3v) is 6.48. The summed E-state index contributed by atoms with van der Waals surface area (Å²) in [6.45, 7) is 2.00. The maximum absolute atomic E-state index is 10.8. The number of tetrazole rings is 1. The molecule has 0 saturated carbocycles. The van der Waals surface area contributed by atoms with E-state index in [-0.39, 0.29) is 6.10 Å². The van der Waals surface area contributed by atoms with E-state index in [1.807, 2.05) is 12.1 Å². The van der Waals surface area contributed by atoms with Crippen molar-refractivity contribution in [3.05, 3.63) is 48.5 Å². The number of para-hydroxylation sites is 2. The molecule has 7 nitrogen and oxygen atoms in total. The Morgan fingerprint density at radius 1 is 1.10 bits per heavy atom. The van der Waals surface area contributed by atoms with Crippen LogP contribution < -0.4 is 0 Å². The van der Waals surface area contributed by atoms with Crippen molar-refractivity contribution < 1.29 is 9.84 Å². The van der Waals surface area contributed by atoms with E-state index in [1.165, 1.54) is 22.5 Å². The lowest BCUT2D eigenvalue weighted by atomic mass is 10.2. The standard InChI is InChI=1S/C21H23N5O2S/c27-15(14-29-21-22-23-24-26(21)13-16-6-5-11-28-16)12-25-19-9-3-1-7-17(19)18-8-2-4-10-20(18)25/h1-4,7-10,15-16,27H,5-6,11-14H2/t15-,16-/m0/s1. The lowest BCUT2D eigenvalue weighted by molar-refractivity contribution is 0.0911. The number of ether oxygens (including phenoxy) is 1. The quantitative estimate of drug-likeness (QED) is 0.473. The molecule has 0 radical (unpaired) electrons. The van der Waals surface area contributed by atoms with E-state index < -0.39 is 6.10 Å². The number of benzene rings is 2. The Labute approximate surface area is 172 Å². The minimum absolute atomic E-state index is 0.181. The molecule has 2 atom stereocenters. The van der Waals surface area contributed by atoms with E-state index in [4.69, 9.17) is 4.74 Å². The maximum atomic E-state index is 10.8. The van der Waals surface area contributed by atoms with E-state index >= 15 is 0 Å². The highest BCUT2D eigenvalue weighted by Crippen LogP contribution is 2.29. The Hall–Kier alpha value is -2.42. The molecule has 150 valence electrons. The second-order valence-corrected chi connectivity index (χ2v) is 8.38. The Morgan fingerprint density at radius 3 is 2.52 bits per heavy atom. The molecule has 1 N–H and O–H groups in total. The molecule has 1 aliphatic heterocycles. The highest BCUT2D eigenvalue weighted by molar-refractivity contribution is 7.99. The fourth-order valence-electron chi connectivity index (χ4n) is 4.03. The van der Waals surface area contributed by atoms with E-state index in [2.05, 4.69) is 56.5 Å². The smallest absolute Gasteiger partial charge is 0.209 e. The van der Waals surface area contributed by atoms with Gasteiger partial charge in [0, 0.05) is 34.2 Å². The fraction of sp³-hybridized carbons (Fsp3) is 0.381. The molecule has 5 rings (SSSR count). The second kappa shape index (κ2) is 8.14. The predicted molar refractivity (Wildman–Crippen MR) is 113 cm³/mol. The number of aliphatic hydroxyl groups is 1. The third-order valence-electron chi connectivity index (χ3n) is 5.38. The number of nitrogens with zero attached hydrogens (tertiary/aromatic N) is 5. The second-order valence-electron chi connectivity index (χ2n) is 7.39. The van der Waals surface area contributed by atoms with Gasteiger partial charge in [0.05, 0.1) is 25.3 Å². The molecule has 4 aromatic rings. The minimum atomic E-state index is -0.521. The van der Waals surface area contributed by atoms with Crippen molar-refractivity contribution in [3.8, 4) is 0 Å². The summed E-state index contributed by atoms with van der Waals surface area (Å²) < 4.78 is 9.67. The van der Waals surface area contributed by atoms with Crippen molar-refractivity contribution in [2.75, 3.05) is 12.4 Å². The summed E-state index contributed by atoms with van der Waals surface area (Å²) in [4.78, 5) is 0. The van der Waals surface area contributed by atoms with Gasteiger partial charge in [-0.25, -0.2) is 4.68 Å². The van der Waals surface area contributed by atoms with Gasteiger partial charge in [0.1, 0.15) is 0 Å². The largest absolute Gasteiger partial charge is 0.390 e. The lowest BCUT2D eigenvalue weighted by Crippen LogP contribution is -2.20. The van der Waals surface area contributed by atoms with Crippen LogP contribution in [0.1, 0.15) is 12.8 Å². The SMILES string of the molecule is O[C@H](CSc1nnnn1C[C@@H]1CCCO1)Cn1c2ccccc2c2ccccc21. The molecular weight excluding hydrogens is 386 g/mol. The van der Waals surface area contributed by atoms with Crippen LogP contribution in [0.25, 0.3) is 21.8 Å². The van der Waals surface area contributed by atoms with Crippen molar-refractivity contribution in [3.63, 3.8) is 0 Å². The first-order chi connectivity index (χ1) is 14.3. The van der Waals surface area contributed by atoms with Crippen LogP contribution in [0.15, 0.2) is 53.7 Å². The number of fused-ring (bicyclic) bond motifs is 3. The molecule has 29 heavy (non-hydrogen) atoms. The summed E-state index contributed by atoms with van der Waals surface area (Å²) in [7, 11) is 0. The zero-order valence-corrected chi connectivity index (χ0v) is 16.8. The molecule has 0 bridgehead atoms. The number of hydrogen-bond acceptors (Lipinski definition) is 6. The van der Waals surface area contributed by atoms with Crippen LogP contribution in [-0.2, 0) is 17.8 Å². The van der Waals surface area contributed by atoms with Crippen molar-refractivity contribution in [2.45, 2.75) is 43.3 Å². The number of hydrogen-bond donors (Lipinski definition) is 1. The van der Waals surface area contributed by atoms with Crippen LogP contribution in [0.2, 0.25) is 0 Å². The van der Waals surface area contributed by atoms with Crippen LogP contribution in [0.4, 0.5) is 0 Å². The first kappa shape index (κ1) is 18.6. The van der Waals surface area contributed by atoms with Gasteiger partial charge in [0.15, 0.2) is 0 Å². The first-order valence-corrected chi connectivity index (χ1v) is 10.9. The molecule has 2 aromatic heterocycles. The van der Waals surface area contributed by atoms with E-state index in [0.29, 0.717) is 18.8 Å². The minimum Gasteiger partial charge on any atom is -0.390 e. The molecule has 8 heteroatoms. The molecule has 2 aromatic carbocycles. The number of thioether (sulfide) groups is 1. The Morgan fingerprint density at radius 2 is 1.83 bits per heavy atom. The molecule has 1 fully saturated rings. The Bertz CT molecular complexity index is 1070. The summed E-state index contributed by atoms with van der Waals surface area (Å²) in [6.07, 6.45) is 1.79. The number of aromatic nitrogens is 5. The van der Waals surface area contributed by atoms with Gasteiger partial charge in [-0.05, 0) is 35.4 Å². The normalized spacial score (nSPS) is 18.0. The van der Waals surface area contributed by atoms with E-state index in [0.717, 1.165) is 35.6 Å². The monoisotopic (exact) mass is 409 g/mol. The zero-order valence-electron chi connectivity index (χ0n) is 16.0. The number of aliphatic hydroxyl groups excluding tert-OH is 1. The highest BCUT2D eigenvalue weighted by atomic mass is 32.2. The van der Waals surface area contributed by atoms with Crippen LogP contribution in [0, 0.1) is 0 Å². The molecule has 0 unspecified atom stereocenters. The summed E-state index contributed by atoms with van der Waals surface area (Å²) in [5, 5.41) is 25.9. The molecule has 0 amide bonds. The van der Waals surface area contributed by atoms with Crippen LogP contribution in [-0.4, -0.2) is 54.4 Å². The third kappa shape index (κ3) is 3.75. The molecule has 0 spiro atoms. The van der Waals surface area contributed by atoms with Gasteiger partial charge >= 0.3 is 0 Å². The van der Waals surface area contributed by atoms with Crippen LogP contribution >= 0.6 is 11.8 Å². The van der Waals surface area contributed by atoms with Gasteiger partial charge in [0.2, 0.25) is 5.16 Å². The number of rotatable bonds is 7. The topological polar surface area (TPSA) is 78.0 Å². The Balaban J connectivity index is 1.30. The summed E-state index contributed by atoms with van der Waals surface area (Å²) in [5.74, 6) is 0.521. The van der Waals surface area contributed by atoms with Gasteiger partial charge in [-0.1, -0.05) is 48.2 Å². The van der Waals surface area contributed by atoms with E-state index in [1.54, 1.807) is 4.68 Å². The van der Waals surface area contributed by atoms with Gasteiger partial charge in [-0.2, -0.15) is 0 Å². The van der Waals surface area contributed by atoms with Gasteiger partial charge in [0.25, 0.3) is 0 Å². The van der Waals surface area contributed by atoms with Crippen LogP contribution in [0.3, 0.4) is 0 Å². The summed E-state index contributed by atoms with van der Waals surface area (Å²) in [6, 6.07) is 16.7. The van der Waals surface area contributed by atoms with Gasteiger partial charge < -0.3 is 14.4 Å². The van der Waals surface area contributed by atoms with E-state index in [9.17, 15) is 5.11 Å². The average molecular weight is 410 g/mol. The van der Waals surface area contributed by atoms with Crippen molar-refractivity contribution in [2.24, 2.45) is 0 Å². The van der Waals surface area contributed by atoms with Crippen molar-refractivity contribution in [1.82, 2.24) is 24.8 Å². The van der Waals surface area contributed by atoms with Crippen LogP contribution in [0.5, 0.6) is 0 Å². The zero-order chi connectivity index (χ0) is 19.6. The highest BCUT2D eigenvalue weighted by Gasteiger charge is 2.20. The predicted octanol–water partition coefficient (Wildman–Crippen LogP) is 3.11. The Kier molecular flexibility index (Phi) is 5.22. The molecular formula is C21H23N5O2S. The average Bonchev–Trinajstić information content (AvgIpc) is 3.48. The lowest BCUT2D eigenvalue weighted by Gasteiger charge is -2.14.